The van der Waals surface area contributed by atoms with Gasteiger partial charge in [-0.15, -0.1) is 0 Å². The van der Waals surface area contributed by atoms with E-state index in [1.165, 1.54) is 0 Å². The lowest BCUT2D eigenvalue weighted by Gasteiger charge is -2.34. The van der Waals surface area contributed by atoms with Crippen LogP contribution in [0.1, 0.15) is 24.8 Å². The Morgan fingerprint density at radius 3 is 2.29 bits per heavy atom. The van der Waals surface area contributed by atoms with Crippen molar-refractivity contribution in [2.24, 2.45) is 34.7 Å². The van der Waals surface area contributed by atoms with Gasteiger partial charge in [0.15, 0.2) is 0 Å². The minimum Gasteiger partial charge on any atom is -0.391 e. The zero-order valence-corrected chi connectivity index (χ0v) is 21.9. The van der Waals surface area contributed by atoms with Gasteiger partial charge in [-0.25, -0.2) is 9.97 Å². The lowest BCUT2D eigenvalue weighted by atomic mass is 9.71. The number of likely N-dealkylation sites (tertiary alicyclic amines) is 1. The summed E-state index contributed by atoms with van der Waals surface area (Å²) in [5.74, 6) is 0.574. The predicted molar refractivity (Wildman–Crippen MR) is 142 cm³/mol. The van der Waals surface area contributed by atoms with Crippen molar-refractivity contribution in [2.45, 2.75) is 25.4 Å². The highest BCUT2D eigenvalue weighted by molar-refractivity contribution is 6.30. The van der Waals surface area contributed by atoms with Crippen molar-refractivity contribution in [1.29, 1.82) is 0 Å². The van der Waals surface area contributed by atoms with E-state index >= 15 is 0 Å². The topological polar surface area (TPSA) is 91.2 Å². The van der Waals surface area contributed by atoms with E-state index in [-0.39, 0.29) is 47.5 Å². The number of halogens is 1. The summed E-state index contributed by atoms with van der Waals surface area (Å²) in [5, 5.41) is 5.08. The number of benzene rings is 1. The zero-order valence-electron chi connectivity index (χ0n) is 21.2. The molecule has 3 aliphatic heterocycles. The number of carbonyl (C=O) groups excluding carboxylic acids is 2. The molecule has 7 rings (SSSR count). The molecule has 1 aromatic carbocycles. The fourth-order valence-electron chi connectivity index (χ4n) is 7.50. The van der Waals surface area contributed by atoms with Crippen LogP contribution in [-0.4, -0.2) is 82.7 Å². The fourth-order valence-corrected chi connectivity index (χ4v) is 7.62. The van der Waals surface area contributed by atoms with E-state index in [9.17, 15) is 9.59 Å². The van der Waals surface area contributed by atoms with Crippen LogP contribution in [0.3, 0.4) is 0 Å². The molecule has 0 radical (unpaired) electrons. The number of imide groups is 1. The molecule has 4 heterocycles. The number of aromatic nitrogens is 2. The van der Waals surface area contributed by atoms with E-state index in [2.05, 4.69) is 24.9 Å². The minimum absolute atomic E-state index is 0.00553. The van der Waals surface area contributed by atoms with Crippen LogP contribution in [0, 0.1) is 29.6 Å². The second-order valence-corrected chi connectivity index (χ2v) is 11.5. The normalized spacial score (nSPS) is 32.0. The van der Waals surface area contributed by atoms with Crippen LogP contribution >= 0.6 is 11.6 Å². The SMILES string of the molecule is O=C1[C@@H]2[C@H]3C[C@H]([C@@H]4ON=C(c5ccc(Cl)cc5)[C@H]34)[C@@H]2C(=O)N1CCCCN1CCN(c2ncccn2)CC1. The molecule has 0 N–H and O–H groups in total. The Kier molecular flexibility index (Phi) is 6.08. The number of nitrogens with zero attached hydrogens (tertiary/aromatic N) is 6. The molecule has 0 unspecified atom stereocenters. The molecule has 198 valence electrons. The number of amides is 2. The highest BCUT2D eigenvalue weighted by Crippen LogP contribution is 2.61. The molecule has 2 aliphatic carbocycles. The molecule has 2 saturated heterocycles. The van der Waals surface area contributed by atoms with Gasteiger partial charge in [0.05, 0.1) is 17.5 Å². The quantitative estimate of drug-likeness (QED) is 0.398. The number of anilines is 1. The first-order chi connectivity index (χ1) is 18.6. The average molecular weight is 535 g/mol. The molecule has 10 heteroatoms. The Labute approximate surface area is 226 Å². The first-order valence-corrected chi connectivity index (χ1v) is 14.1. The summed E-state index contributed by atoms with van der Waals surface area (Å²) < 4.78 is 0. The Hall–Kier alpha value is -3.04. The second-order valence-electron chi connectivity index (χ2n) is 11.1. The van der Waals surface area contributed by atoms with Gasteiger partial charge in [-0.1, -0.05) is 28.9 Å². The van der Waals surface area contributed by atoms with E-state index in [0.717, 1.165) is 69.2 Å². The molecule has 5 aliphatic rings. The van der Waals surface area contributed by atoms with Crippen molar-refractivity contribution in [3.63, 3.8) is 0 Å². The standard InChI is InChI=1S/C28H31ClN6O3/c29-18-6-4-17(5-7-18)24-23-19-16-20(25(23)38-32-24)22-21(19)26(36)35(27(22)37)11-2-1-10-33-12-14-34(15-13-33)28-30-8-3-9-31-28/h3-9,19-23,25H,1-2,10-16H2/t19-,20+,21-,22+,23+,25+/m1/s1. The summed E-state index contributed by atoms with van der Waals surface area (Å²) in [6.07, 6.45) is 6.10. The molecule has 2 aromatic rings. The molecule has 6 atom stereocenters. The predicted octanol–water partition coefficient (Wildman–Crippen LogP) is 2.70. The Balaban J connectivity index is 0.932. The maximum atomic E-state index is 13.5. The summed E-state index contributed by atoms with van der Waals surface area (Å²) in [6.45, 7) is 5.23. The molecular weight excluding hydrogens is 504 g/mol. The lowest BCUT2D eigenvalue weighted by molar-refractivity contribution is -0.141. The molecular formula is C28H31ClN6O3. The van der Waals surface area contributed by atoms with E-state index in [0.29, 0.717) is 11.6 Å². The van der Waals surface area contributed by atoms with E-state index in [1.807, 2.05) is 30.3 Å². The zero-order chi connectivity index (χ0) is 25.8. The van der Waals surface area contributed by atoms with Gasteiger partial charge in [0.2, 0.25) is 17.8 Å². The summed E-state index contributed by atoms with van der Waals surface area (Å²) in [5.41, 5.74) is 1.88. The van der Waals surface area contributed by atoms with Crippen molar-refractivity contribution >= 4 is 35.1 Å². The van der Waals surface area contributed by atoms with Gasteiger partial charge in [0.25, 0.3) is 0 Å². The first kappa shape index (κ1) is 24.0. The van der Waals surface area contributed by atoms with Gasteiger partial charge >= 0.3 is 0 Å². The Morgan fingerprint density at radius 1 is 0.868 bits per heavy atom. The largest absolute Gasteiger partial charge is 0.391 e. The second kappa shape index (κ2) is 9.61. The summed E-state index contributed by atoms with van der Waals surface area (Å²) in [4.78, 5) is 47.7. The van der Waals surface area contributed by atoms with Gasteiger partial charge in [-0.2, -0.15) is 0 Å². The Bertz CT molecular complexity index is 1250. The molecule has 2 amide bonds. The molecule has 9 nitrogen and oxygen atoms in total. The molecule has 0 spiro atoms. The first-order valence-electron chi connectivity index (χ1n) is 13.7. The summed E-state index contributed by atoms with van der Waals surface area (Å²) >= 11 is 6.07. The third-order valence-corrected chi connectivity index (χ3v) is 9.49. The van der Waals surface area contributed by atoms with Gasteiger partial charge in [-0.3, -0.25) is 19.4 Å². The number of hydrogen-bond donors (Lipinski definition) is 0. The van der Waals surface area contributed by atoms with Crippen molar-refractivity contribution in [3.8, 4) is 0 Å². The van der Waals surface area contributed by atoms with Crippen molar-refractivity contribution in [3.05, 3.63) is 53.3 Å². The molecule has 2 bridgehead atoms. The van der Waals surface area contributed by atoms with Crippen LogP contribution < -0.4 is 4.90 Å². The number of carbonyl (C=O) groups is 2. The van der Waals surface area contributed by atoms with Gasteiger partial charge < -0.3 is 9.74 Å². The highest BCUT2D eigenvalue weighted by Gasteiger charge is 2.70. The lowest BCUT2D eigenvalue weighted by Crippen LogP contribution is -2.47. The van der Waals surface area contributed by atoms with Crippen molar-refractivity contribution in [2.75, 3.05) is 44.2 Å². The molecule has 38 heavy (non-hydrogen) atoms. The van der Waals surface area contributed by atoms with Gasteiger partial charge in [-0.05, 0) is 55.5 Å². The molecule has 4 fully saturated rings. The third kappa shape index (κ3) is 3.90. The molecule has 1 aromatic heterocycles. The Morgan fingerprint density at radius 2 is 1.55 bits per heavy atom. The van der Waals surface area contributed by atoms with Crippen molar-refractivity contribution < 1.29 is 14.4 Å². The number of piperazine rings is 1. The smallest absolute Gasteiger partial charge is 0.233 e. The summed E-state index contributed by atoms with van der Waals surface area (Å²) in [7, 11) is 0. The minimum atomic E-state index is -0.248. The van der Waals surface area contributed by atoms with Crippen LogP contribution in [0.5, 0.6) is 0 Å². The van der Waals surface area contributed by atoms with Gasteiger partial charge in [0.1, 0.15) is 6.10 Å². The van der Waals surface area contributed by atoms with Crippen LogP contribution in [0.4, 0.5) is 5.95 Å². The van der Waals surface area contributed by atoms with Gasteiger partial charge in [0, 0.05) is 62.0 Å². The fraction of sp³-hybridized carbons (Fsp3) is 0.536. The van der Waals surface area contributed by atoms with E-state index in [4.69, 9.17) is 16.4 Å². The maximum absolute atomic E-state index is 13.5. The van der Waals surface area contributed by atoms with E-state index < -0.39 is 0 Å². The number of unbranched alkanes of at least 4 members (excludes halogenated alkanes) is 1. The molecule has 2 saturated carbocycles. The third-order valence-electron chi connectivity index (χ3n) is 9.24. The number of rotatable bonds is 7. The van der Waals surface area contributed by atoms with E-state index in [1.54, 1.807) is 17.3 Å². The number of oxime groups is 1. The number of hydrogen-bond acceptors (Lipinski definition) is 8. The number of fused-ring (bicyclic) bond motifs is 8. The van der Waals surface area contributed by atoms with Crippen LogP contribution in [0.25, 0.3) is 0 Å². The maximum Gasteiger partial charge on any atom is 0.233 e. The highest BCUT2D eigenvalue weighted by atomic mass is 35.5. The van der Waals surface area contributed by atoms with Crippen LogP contribution in [0.15, 0.2) is 47.9 Å². The van der Waals surface area contributed by atoms with Crippen LogP contribution in [-0.2, 0) is 14.4 Å². The summed E-state index contributed by atoms with van der Waals surface area (Å²) in [6, 6.07) is 9.46. The van der Waals surface area contributed by atoms with Crippen molar-refractivity contribution in [1.82, 2.24) is 19.8 Å². The average Bonchev–Trinajstić information content (AvgIpc) is 3.69. The monoisotopic (exact) mass is 534 g/mol. The van der Waals surface area contributed by atoms with Crippen LogP contribution in [0.2, 0.25) is 5.02 Å².